The van der Waals surface area contributed by atoms with Gasteiger partial charge in [-0.1, -0.05) is 36.4 Å². The molecule has 2 aromatic carbocycles. The van der Waals surface area contributed by atoms with Crippen molar-refractivity contribution in [2.45, 2.75) is 25.7 Å². The molecule has 0 spiro atoms. The van der Waals surface area contributed by atoms with Crippen LogP contribution in [0.15, 0.2) is 48.5 Å². The maximum Gasteiger partial charge on any atom is 0.308 e. The summed E-state index contributed by atoms with van der Waals surface area (Å²) >= 11 is 0. The molecule has 0 amide bonds. The normalized spacial score (nSPS) is 14.2. The molecule has 2 nitrogen and oxygen atoms in total. The Balaban J connectivity index is 1.85. The van der Waals surface area contributed by atoms with Crippen molar-refractivity contribution < 1.29 is 9.53 Å². The fourth-order valence-electron chi connectivity index (χ4n) is 2.27. The van der Waals surface area contributed by atoms with Gasteiger partial charge in [-0.15, -0.1) is 0 Å². The highest BCUT2D eigenvalue weighted by atomic mass is 16.5. The lowest BCUT2D eigenvalue weighted by Crippen LogP contribution is -2.00. The Labute approximate surface area is 113 Å². The summed E-state index contributed by atoms with van der Waals surface area (Å²) in [5.74, 6) is 1.07. The van der Waals surface area contributed by atoms with Crippen LogP contribution < -0.4 is 4.74 Å². The molecule has 0 unspecified atom stereocenters. The second-order valence-electron chi connectivity index (χ2n) is 5.02. The monoisotopic (exact) mass is 252 g/mol. The third kappa shape index (κ3) is 2.84. The first-order valence-corrected chi connectivity index (χ1v) is 6.61. The van der Waals surface area contributed by atoms with Crippen molar-refractivity contribution in [3.05, 3.63) is 54.1 Å². The lowest BCUT2D eigenvalue weighted by atomic mass is 10.0. The van der Waals surface area contributed by atoms with Gasteiger partial charge in [-0.05, 0) is 47.6 Å². The molecule has 2 aromatic rings. The standard InChI is InChI=1S/C17H16O2/c1-12(18)19-17-9-7-14(8-10-17)16-4-2-3-15(11-16)13-5-6-13/h2-4,7-11,13H,5-6H2,1H3. The summed E-state index contributed by atoms with van der Waals surface area (Å²) in [7, 11) is 0. The Bertz CT molecular complexity index is 595. The highest BCUT2D eigenvalue weighted by Gasteiger charge is 2.23. The van der Waals surface area contributed by atoms with Gasteiger partial charge in [0.15, 0.2) is 0 Å². The summed E-state index contributed by atoms with van der Waals surface area (Å²) in [5, 5.41) is 0. The fraction of sp³-hybridized carbons (Fsp3) is 0.235. The van der Waals surface area contributed by atoms with Gasteiger partial charge in [-0.2, -0.15) is 0 Å². The van der Waals surface area contributed by atoms with Crippen molar-refractivity contribution in [1.29, 1.82) is 0 Å². The van der Waals surface area contributed by atoms with Gasteiger partial charge in [-0.3, -0.25) is 4.79 Å². The SMILES string of the molecule is CC(=O)Oc1ccc(-c2cccc(C3CC3)c2)cc1. The topological polar surface area (TPSA) is 26.3 Å². The molecule has 2 heteroatoms. The molecule has 0 saturated heterocycles. The smallest absolute Gasteiger partial charge is 0.308 e. The molecule has 0 radical (unpaired) electrons. The van der Waals surface area contributed by atoms with Gasteiger partial charge >= 0.3 is 5.97 Å². The molecule has 96 valence electrons. The summed E-state index contributed by atoms with van der Waals surface area (Å²) < 4.78 is 5.04. The fourth-order valence-corrected chi connectivity index (χ4v) is 2.27. The second-order valence-corrected chi connectivity index (χ2v) is 5.02. The number of carbonyl (C=O) groups is 1. The van der Waals surface area contributed by atoms with Crippen molar-refractivity contribution in [3.63, 3.8) is 0 Å². The minimum atomic E-state index is -0.288. The van der Waals surface area contributed by atoms with Gasteiger partial charge in [0, 0.05) is 6.92 Å². The quantitative estimate of drug-likeness (QED) is 0.605. The zero-order valence-corrected chi connectivity index (χ0v) is 10.9. The first-order chi connectivity index (χ1) is 9.22. The average Bonchev–Trinajstić information content (AvgIpc) is 3.23. The molecule has 1 aliphatic carbocycles. The molecule has 0 heterocycles. The van der Waals surface area contributed by atoms with Gasteiger partial charge in [0.2, 0.25) is 0 Å². The minimum Gasteiger partial charge on any atom is -0.427 e. The van der Waals surface area contributed by atoms with Crippen molar-refractivity contribution in [3.8, 4) is 16.9 Å². The predicted octanol–water partition coefficient (Wildman–Crippen LogP) is 4.16. The molecule has 1 saturated carbocycles. The van der Waals surface area contributed by atoms with Crippen LogP contribution in [0.25, 0.3) is 11.1 Å². The van der Waals surface area contributed by atoms with Crippen LogP contribution in [0.2, 0.25) is 0 Å². The third-order valence-corrected chi connectivity index (χ3v) is 3.38. The number of rotatable bonds is 3. The summed E-state index contributed by atoms with van der Waals surface area (Å²) in [6.07, 6.45) is 2.63. The minimum absolute atomic E-state index is 0.288. The highest BCUT2D eigenvalue weighted by molar-refractivity contribution is 5.70. The summed E-state index contributed by atoms with van der Waals surface area (Å²) in [6.45, 7) is 1.41. The first kappa shape index (κ1) is 12.0. The summed E-state index contributed by atoms with van der Waals surface area (Å²) in [5.41, 5.74) is 3.80. The molecule has 1 fully saturated rings. The predicted molar refractivity (Wildman–Crippen MR) is 75.2 cm³/mol. The maximum atomic E-state index is 10.9. The molecule has 0 bridgehead atoms. The van der Waals surface area contributed by atoms with Crippen LogP contribution in [0, 0.1) is 0 Å². The van der Waals surface area contributed by atoms with Gasteiger partial charge in [-0.25, -0.2) is 0 Å². The van der Waals surface area contributed by atoms with Crippen LogP contribution >= 0.6 is 0 Å². The third-order valence-electron chi connectivity index (χ3n) is 3.38. The zero-order valence-electron chi connectivity index (χ0n) is 10.9. The Morgan fingerprint density at radius 1 is 1.05 bits per heavy atom. The van der Waals surface area contributed by atoms with E-state index >= 15 is 0 Å². The van der Waals surface area contributed by atoms with E-state index in [4.69, 9.17) is 4.74 Å². The molecule has 19 heavy (non-hydrogen) atoms. The molecular formula is C17H16O2. The van der Waals surface area contributed by atoms with E-state index in [9.17, 15) is 4.79 Å². The second kappa shape index (κ2) is 4.88. The van der Waals surface area contributed by atoms with Crippen molar-refractivity contribution in [2.24, 2.45) is 0 Å². The summed E-state index contributed by atoms with van der Waals surface area (Å²) in [6, 6.07) is 16.3. The molecule has 3 rings (SSSR count). The zero-order chi connectivity index (χ0) is 13.2. The van der Waals surface area contributed by atoms with E-state index in [-0.39, 0.29) is 5.97 Å². The van der Waals surface area contributed by atoms with E-state index in [1.807, 2.05) is 24.3 Å². The number of carbonyl (C=O) groups excluding carboxylic acids is 1. The van der Waals surface area contributed by atoms with Gasteiger partial charge in [0.1, 0.15) is 5.75 Å². The molecule has 0 N–H and O–H groups in total. The van der Waals surface area contributed by atoms with Crippen LogP contribution in [0.5, 0.6) is 5.75 Å². The van der Waals surface area contributed by atoms with Gasteiger partial charge < -0.3 is 4.74 Å². The number of hydrogen-bond acceptors (Lipinski definition) is 2. The van der Waals surface area contributed by atoms with E-state index < -0.39 is 0 Å². The lowest BCUT2D eigenvalue weighted by Gasteiger charge is -2.06. The van der Waals surface area contributed by atoms with Crippen molar-refractivity contribution in [2.75, 3.05) is 0 Å². The Morgan fingerprint density at radius 2 is 1.79 bits per heavy atom. The van der Waals surface area contributed by atoms with Crippen LogP contribution in [0.4, 0.5) is 0 Å². The van der Waals surface area contributed by atoms with E-state index in [2.05, 4.69) is 24.3 Å². The number of hydrogen-bond donors (Lipinski definition) is 0. The van der Waals surface area contributed by atoms with Crippen LogP contribution in [0.3, 0.4) is 0 Å². The highest BCUT2D eigenvalue weighted by Crippen LogP contribution is 2.41. The first-order valence-electron chi connectivity index (χ1n) is 6.61. The van der Waals surface area contributed by atoms with Gasteiger partial charge in [0.25, 0.3) is 0 Å². The Morgan fingerprint density at radius 3 is 2.42 bits per heavy atom. The van der Waals surface area contributed by atoms with Crippen LogP contribution in [0.1, 0.15) is 31.2 Å². The molecular weight excluding hydrogens is 236 g/mol. The van der Waals surface area contributed by atoms with E-state index in [1.165, 1.54) is 30.9 Å². The Hall–Kier alpha value is -2.09. The Kier molecular flexibility index (Phi) is 3.08. The number of ether oxygens (including phenoxy) is 1. The van der Waals surface area contributed by atoms with E-state index in [0.717, 1.165) is 11.5 Å². The van der Waals surface area contributed by atoms with Crippen LogP contribution in [-0.2, 0) is 4.79 Å². The van der Waals surface area contributed by atoms with Crippen LogP contribution in [-0.4, -0.2) is 5.97 Å². The molecule has 0 aliphatic heterocycles. The number of benzene rings is 2. The van der Waals surface area contributed by atoms with Gasteiger partial charge in [0.05, 0.1) is 0 Å². The summed E-state index contributed by atoms with van der Waals surface area (Å²) in [4.78, 5) is 10.9. The van der Waals surface area contributed by atoms with E-state index in [0.29, 0.717) is 5.75 Å². The maximum absolute atomic E-state index is 10.9. The van der Waals surface area contributed by atoms with Crippen molar-refractivity contribution in [1.82, 2.24) is 0 Å². The average molecular weight is 252 g/mol. The number of esters is 1. The lowest BCUT2D eigenvalue weighted by molar-refractivity contribution is -0.131. The largest absolute Gasteiger partial charge is 0.427 e. The molecule has 0 aromatic heterocycles. The van der Waals surface area contributed by atoms with E-state index in [1.54, 1.807) is 0 Å². The van der Waals surface area contributed by atoms with Crippen molar-refractivity contribution >= 4 is 5.97 Å². The molecule has 0 atom stereocenters. The molecule has 1 aliphatic rings.